The second kappa shape index (κ2) is 3.32. The number of esters is 1. The molecule has 3 heteroatoms. The van der Waals surface area contributed by atoms with Crippen LogP contribution in [0.1, 0.15) is 19.8 Å². The maximum absolute atomic E-state index is 10.8. The number of carbonyl (C=O) groups excluding carboxylic acids is 2. The highest BCUT2D eigenvalue weighted by atomic mass is 16.5. The van der Waals surface area contributed by atoms with E-state index in [1.807, 2.05) is 0 Å². The van der Waals surface area contributed by atoms with Gasteiger partial charge < -0.3 is 4.74 Å². The standard InChI is InChI=1S/C8H10O3/c1-6(9)11-8-4-2-3-7(10)5-8/h2-3,8H,4-5H2,1H3/t8-/m0/s1. The first kappa shape index (κ1) is 7.98. The van der Waals surface area contributed by atoms with Crippen LogP contribution in [0.15, 0.2) is 12.2 Å². The highest BCUT2D eigenvalue weighted by Crippen LogP contribution is 2.11. The summed E-state index contributed by atoms with van der Waals surface area (Å²) in [6, 6.07) is 0. The van der Waals surface area contributed by atoms with E-state index in [4.69, 9.17) is 4.74 Å². The molecule has 0 saturated carbocycles. The average molecular weight is 154 g/mol. The van der Waals surface area contributed by atoms with Crippen LogP contribution in [-0.4, -0.2) is 17.9 Å². The smallest absolute Gasteiger partial charge is 0.302 e. The first-order valence-corrected chi connectivity index (χ1v) is 3.55. The summed E-state index contributed by atoms with van der Waals surface area (Å²) in [5.74, 6) is -0.291. The lowest BCUT2D eigenvalue weighted by molar-refractivity contribution is -0.147. The maximum atomic E-state index is 10.8. The molecule has 0 amide bonds. The van der Waals surface area contributed by atoms with Crippen LogP contribution in [0.2, 0.25) is 0 Å². The van der Waals surface area contributed by atoms with E-state index in [9.17, 15) is 9.59 Å². The molecule has 0 spiro atoms. The number of allylic oxidation sites excluding steroid dienone is 1. The monoisotopic (exact) mass is 154 g/mol. The summed E-state index contributed by atoms with van der Waals surface area (Å²) in [5.41, 5.74) is 0. The van der Waals surface area contributed by atoms with Crippen LogP contribution < -0.4 is 0 Å². The molecule has 0 saturated heterocycles. The minimum atomic E-state index is -0.321. The molecule has 11 heavy (non-hydrogen) atoms. The fraction of sp³-hybridized carbons (Fsp3) is 0.500. The van der Waals surface area contributed by atoms with Crippen molar-refractivity contribution in [2.24, 2.45) is 0 Å². The molecular formula is C8H10O3. The summed E-state index contributed by atoms with van der Waals surface area (Å²) in [7, 11) is 0. The third-order valence-corrected chi connectivity index (χ3v) is 1.46. The van der Waals surface area contributed by atoms with Gasteiger partial charge in [0.05, 0.1) is 0 Å². The number of carbonyl (C=O) groups is 2. The van der Waals surface area contributed by atoms with Crippen LogP contribution in [-0.2, 0) is 14.3 Å². The van der Waals surface area contributed by atoms with Crippen molar-refractivity contribution >= 4 is 11.8 Å². The van der Waals surface area contributed by atoms with Crippen molar-refractivity contribution in [2.75, 3.05) is 0 Å². The number of ether oxygens (including phenoxy) is 1. The molecule has 0 aromatic rings. The van der Waals surface area contributed by atoms with Crippen LogP contribution in [0.5, 0.6) is 0 Å². The predicted octanol–water partition coefficient (Wildman–Crippen LogP) is 0.837. The Labute approximate surface area is 65.0 Å². The molecule has 0 bridgehead atoms. The molecule has 0 heterocycles. The minimum Gasteiger partial charge on any atom is -0.462 e. The van der Waals surface area contributed by atoms with Crippen LogP contribution >= 0.6 is 0 Å². The van der Waals surface area contributed by atoms with Crippen molar-refractivity contribution in [3.05, 3.63) is 12.2 Å². The molecule has 1 rings (SSSR count). The topological polar surface area (TPSA) is 43.4 Å². The van der Waals surface area contributed by atoms with Gasteiger partial charge in [0.1, 0.15) is 6.10 Å². The molecule has 0 N–H and O–H groups in total. The van der Waals surface area contributed by atoms with E-state index in [-0.39, 0.29) is 17.9 Å². The molecule has 1 aliphatic rings. The van der Waals surface area contributed by atoms with Gasteiger partial charge in [0.2, 0.25) is 0 Å². The van der Waals surface area contributed by atoms with E-state index in [1.54, 1.807) is 6.08 Å². The quantitative estimate of drug-likeness (QED) is 0.525. The van der Waals surface area contributed by atoms with Crippen LogP contribution in [0.4, 0.5) is 0 Å². The van der Waals surface area contributed by atoms with Crippen LogP contribution in [0, 0.1) is 0 Å². The molecule has 1 aliphatic carbocycles. The van der Waals surface area contributed by atoms with E-state index in [0.29, 0.717) is 12.8 Å². The second-order valence-electron chi connectivity index (χ2n) is 2.54. The summed E-state index contributed by atoms with van der Waals surface area (Å²) in [6.07, 6.45) is 4.02. The Morgan fingerprint density at radius 2 is 2.45 bits per heavy atom. The van der Waals surface area contributed by atoms with Gasteiger partial charge >= 0.3 is 5.97 Å². The lowest BCUT2D eigenvalue weighted by Gasteiger charge is -2.16. The lowest BCUT2D eigenvalue weighted by Crippen LogP contribution is -2.21. The summed E-state index contributed by atoms with van der Waals surface area (Å²) >= 11 is 0. The fourth-order valence-corrected chi connectivity index (χ4v) is 1.05. The number of rotatable bonds is 1. The highest BCUT2D eigenvalue weighted by Gasteiger charge is 2.17. The van der Waals surface area contributed by atoms with Crippen LogP contribution in [0.3, 0.4) is 0 Å². The SMILES string of the molecule is CC(=O)O[C@H]1CC=CC(=O)C1. The normalized spacial score (nSPS) is 23.4. The van der Waals surface area contributed by atoms with Crippen LogP contribution in [0.25, 0.3) is 0 Å². The Bertz CT molecular complexity index is 205. The molecule has 0 radical (unpaired) electrons. The van der Waals surface area contributed by atoms with E-state index >= 15 is 0 Å². The summed E-state index contributed by atoms with van der Waals surface area (Å²) in [5, 5.41) is 0. The Balaban J connectivity index is 2.43. The molecule has 0 aliphatic heterocycles. The second-order valence-corrected chi connectivity index (χ2v) is 2.54. The third kappa shape index (κ3) is 2.53. The van der Waals surface area contributed by atoms with Gasteiger partial charge in [-0.1, -0.05) is 6.08 Å². The lowest BCUT2D eigenvalue weighted by atomic mass is 10.0. The van der Waals surface area contributed by atoms with Gasteiger partial charge in [-0.05, 0) is 6.08 Å². The largest absolute Gasteiger partial charge is 0.462 e. The zero-order chi connectivity index (χ0) is 8.27. The first-order valence-electron chi connectivity index (χ1n) is 3.55. The molecule has 0 aromatic carbocycles. The van der Waals surface area contributed by atoms with Gasteiger partial charge in [-0.25, -0.2) is 0 Å². The van der Waals surface area contributed by atoms with Gasteiger partial charge in [-0.3, -0.25) is 9.59 Å². The van der Waals surface area contributed by atoms with Gasteiger partial charge in [0.25, 0.3) is 0 Å². The Hall–Kier alpha value is -1.12. The molecular weight excluding hydrogens is 144 g/mol. The van der Waals surface area contributed by atoms with Gasteiger partial charge in [0.15, 0.2) is 5.78 Å². The zero-order valence-corrected chi connectivity index (χ0v) is 6.37. The minimum absolute atomic E-state index is 0.0301. The third-order valence-electron chi connectivity index (χ3n) is 1.46. The Kier molecular flexibility index (Phi) is 2.41. The van der Waals surface area contributed by atoms with E-state index in [0.717, 1.165) is 0 Å². The molecule has 60 valence electrons. The molecule has 0 aromatic heterocycles. The highest BCUT2D eigenvalue weighted by molar-refractivity contribution is 5.91. The van der Waals surface area contributed by atoms with E-state index in [1.165, 1.54) is 13.0 Å². The molecule has 0 unspecified atom stereocenters. The van der Waals surface area contributed by atoms with Gasteiger partial charge in [0, 0.05) is 19.8 Å². The van der Waals surface area contributed by atoms with Crippen molar-refractivity contribution < 1.29 is 14.3 Å². The van der Waals surface area contributed by atoms with Crippen molar-refractivity contribution in [3.8, 4) is 0 Å². The number of hydrogen-bond donors (Lipinski definition) is 0. The molecule has 1 atom stereocenters. The Morgan fingerprint density at radius 3 is 3.00 bits per heavy atom. The van der Waals surface area contributed by atoms with E-state index in [2.05, 4.69) is 0 Å². The average Bonchev–Trinajstić information content (AvgIpc) is 1.85. The Morgan fingerprint density at radius 1 is 1.73 bits per heavy atom. The number of ketones is 1. The van der Waals surface area contributed by atoms with Gasteiger partial charge in [-0.15, -0.1) is 0 Å². The first-order chi connectivity index (χ1) is 5.18. The van der Waals surface area contributed by atoms with E-state index < -0.39 is 0 Å². The van der Waals surface area contributed by atoms with Crippen molar-refractivity contribution in [3.63, 3.8) is 0 Å². The van der Waals surface area contributed by atoms with Crippen molar-refractivity contribution in [2.45, 2.75) is 25.9 Å². The molecule has 0 fully saturated rings. The zero-order valence-electron chi connectivity index (χ0n) is 6.37. The fourth-order valence-electron chi connectivity index (χ4n) is 1.05. The summed E-state index contributed by atoms with van der Waals surface area (Å²) in [6.45, 7) is 1.35. The summed E-state index contributed by atoms with van der Waals surface area (Å²) < 4.78 is 4.85. The van der Waals surface area contributed by atoms with Crippen molar-refractivity contribution in [1.29, 1.82) is 0 Å². The van der Waals surface area contributed by atoms with Crippen molar-refractivity contribution in [1.82, 2.24) is 0 Å². The predicted molar refractivity (Wildman–Crippen MR) is 38.9 cm³/mol. The summed E-state index contributed by atoms with van der Waals surface area (Å²) in [4.78, 5) is 21.2. The molecule has 3 nitrogen and oxygen atoms in total. The van der Waals surface area contributed by atoms with Gasteiger partial charge in [-0.2, -0.15) is 0 Å². The maximum Gasteiger partial charge on any atom is 0.302 e. The number of hydrogen-bond acceptors (Lipinski definition) is 3.